The van der Waals surface area contributed by atoms with Crippen LogP contribution in [0.5, 0.6) is 0 Å². The number of sulfonamides is 1. The summed E-state index contributed by atoms with van der Waals surface area (Å²) in [5.74, 6) is -0.240. The first-order chi connectivity index (χ1) is 14.3. The number of aryl methyl sites for hydroxylation is 1. The maximum absolute atomic E-state index is 12.7. The molecule has 8 heteroatoms. The van der Waals surface area contributed by atoms with Crippen molar-refractivity contribution < 1.29 is 13.2 Å². The van der Waals surface area contributed by atoms with Crippen molar-refractivity contribution in [1.82, 2.24) is 14.6 Å². The molecule has 0 atom stereocenters. The molecule has 0 spiro atoms. The van der Waals surface area contributed by atoms with Gasteiger partial charge >= 0.3 is 0 Å². The van der Waals surface area contributed by atoms with Crippen molar-refractivity contribution in [1.29, 1.82) is 0 Å². The zero-order chi connectivity index (χ0) is 21.3. The number of nitrogens with one attached hydrogen (secondary N) is 1. The zero-order valence-corrected chi connectivity index (χ0v) is 18.1. The molecule has 1 N–H and O–H groups in total. The van der Waals surface area contributed by atoms with Crippen molar-refractivity contribution in [3.8, 4) is 0 Å². The molecule has 0 saturated carbocycles. The van der Waals surface area contributed by atoms with E-state index in [-0.39, 0.29) is 17.3 Å². The lowest BCUT2D eigenvalue weighted by molar-refractivity contribution is 0.0950. The molecule has 1 saturated heterocycles. The standard InChI is InChI=1S/C22H22ClN3O3S/c1-15-20(13-17-12-18(23)6-9-21(17)25-15)22(27)24-14-16-4-7-19(8-5-16)30(28,29)26-10-2-3-11-26/h4-9,12-13H,2-3,10-11,14H2,1H3,(H,24,27). The topological polar surface area (TPSA) is 79.4 Å². The Balaban J connectivity index is 1.46. The summed E-state index contributed by atoms with van der Waals surface area (Å²) in [5.41, 5.74) is 2.72. The number of rotatable bonds is 5. The van der Waals surface area contributed by atoms with Crippen molar-refractivity contribution in [2.24, 2.45) is 0 Å². The third kappa shape index (κ3) is 4.19. The Morgan fingerprint density at radius 3 is 2.50 bits per heavy atom. The third-order valence-corrected chi connectivity index (χ3v) is 7.44. The predicted octanol–water partition coefficient (Wildman–Crippen LogP) is 3.91. The molecule has 0 bridgehead atoms. The van der Waals surface area contributed by atoms with Gasteiger partial charge in [-0.2, -0.15) is 4.31 Å². The Hall–Kier alpha value is -2.48. The highest BCUT2D eigenvalue weighted by Gasteiger charge is 2.26. The molecule has 1 aromatic heterocycles. The first-order valence-electron chi connectivity index (χ1n) is 9.79. The normalized spacial score (nSPS) is 14.9. The largest absolute Gasteiger partial charge is 0.348 e. The van der Waals surface area contributed by atoms with Gasteiger partial charge in [-0.25, -0.2) is 8.42 Å². The Morgan fingerprint density at radius 1 is 1.10 bits per heavy atom. The zero-order valence-electron chi connectivity index (χ0n) is 16.6. The lowest BCUT2D eigenvalue weighted by atomic mass is 10.1. The van der Waals surface area contributed by atoms with Gasteiger partial charge in [-0.1, -0.05) is 23.7 Å². The molecule has 30 heavy (non-hydrogen) atoms. The van der Waals surface area contributed by atoms with Crippen molar-refractivity contribution in [2.75, 3.05) is 13.1 Å². The minimum atomic E-state index is -3.43. The molecule has 1 amide bonds. The molecule has 156 valence electrons. The number of hydrogen-bond donors (Lipinski definition) is 1. The lowest BCUT2D eigenvalue weighted by Gasteiger charge is -2.15. The highest BCUT2D eigenvalue weighted by Crippen LogP contribution is 2.22. The van der Waals surface area contributed by atoms with Gasteiger partial charge in [0, 0.05) is 30.0 Å². The van der Waals surface area contributed by atoms with E-state index < -0.39 is 10.0 Å². The van der Waals surface area contributed by atoms with E-state index in [2.05, 4.69) is 10.3 Å². The van der Waals surface area contributed by atoms with Crippen molar-refractivity contribution in [2.45, 2.75) is 31.2 Å². The number of amides is 1. The smallest absolute Gasteiger partial charge is 0.253 e. The van der Waals surface area contributed by atoms with Crippen LogP contribution in [0.4, 0.5) is 0 Å². The SMILES string of the molecule is Cc1nc2ccc(Cl)cc2cc1C(=O)NCc1ccc(S(=O)(=O)N2CCCC2)cc1. The number of carbonyl (C=O) groups excluding carboxylic acids is 1. The summed E-state index contributed by atoms with van der Waals surface area (Å²) < 4.78 is 26.7. The molecule has 2 aromatic carbocycles. The molecule has 2 heterocycles. The van der Waals surface area contributed by atoms with Gasteiger partial charge in [0.2, 0.25) is 10.0 Å². The van der Waals surface area contributed by atoms with E-state index in [1.54, 1.807) is 49.4 Å². The van der Waals surface area contributed by atoms with E-state index in [9.17, 15) is 13.2 Å². The molecule has 0 aliphatic carbocycles. The molecule has 1 aliphatic rings. The third-order valence-electron chi connectivity index (χ3n) is 5.29. The predicted molar refractivity (Wildman–Crippen MR) is 117 cm³/mol. The molecule has 3 aromatic rings. The molecule has 1 fully saturated rings. The summed E-state index contributed by atoms with van der Waals surface area (Å²) in [4.78, 5) is 17.4. The molecule has 0 radical (unpaired) electrons. The van der Waals surface area contributed by atoms with E-state index in [4.69, 9.17) is 11.6 Å². The van der Waals surface area contributed by atoms with Crippen LogP contribution >= 0.6 is 11.6 Å². The second kappa shape index (κ2) is 8.34. The first-order valence-corrected chi connectivity index (χ1v) is 11.6. The van der Waals surface area contributed by atoms with Gasteiger partial charge in [0.1, 0.15) is 0 Å². The van der Waals surface area contributed by atoms with Crippen molar-refractivity contribution in [3.63, 3.8) is 0 Å². The second-order valence-corrected chi connectivity index (χ2v) is 9.77. The number of nitrogens with zero attached hydrogens (tertiary/aromatic N) is 2. The molecule has 6 nitrogen and oxygen atoms in total. The van der Waals surface area contributed by atoms with E-state index >= 15 is 0 Å². The number of aromatic nitrogens is 1. The summed E-state index contributed by atoms with van der Waals surface area (Å²) in [7, 11) is -3.43. The minimum Gasteiger partial charge on any atom is -0.348 e. The summed E-state index contributed by atoms with van der Waals surface area (Å²) in [6.45, 7) is 3.23. The number of fused-ring (bicyclic) bond motifs is 1. The quantitative estimate of drug-likeness (QED) is 0.648. The number of carbonyl (C=O) groups is 1. The van der Waals surface area contributed by atoms with Crippen LogP contribution in [0.2, 0.25) is 5.02 Å². The molecular weight excluding hydrogens is 422 g/mol. The number of benzene rings is 2. The second-order valence-electron chi connectivity index (χ2n) is 7.40. The summed E-state index contributed by atoms with van der Waals surface area (Å²) in [5, 5.41) is 4.26. The maximum atomic E-state index is 12.7. The lowest BCUT2D eigenvalue weighted by Crippen LogP contribution is -2.28. The number of hydrogen-bond acceptors (Lipinski definition) is 4. The number of halogens is 1. The van der Waals surface area contributed by atoms with Gasteiger partial charge < -0.3 is 5.32 Å². The Morgan fingerprint density at radius 2 is 1.80 bits per heavy atom. The van der Waals surface area contributed by atoms with Crippen LogP contribution in [0.25, 0.3) is 10.9 Å². The van der Waals surface area contributed by atoms with Crippen LogP contribution in [0.1, 0.15) is 34.5 Å². The Bertz CT molecular complexity index is 1200. The average molecular weight is 444 g/mol. The van der Waals surface area contributed by atoms with Gasteiger partial charge in [0.25, 0.3) is 5.91 Å². The van der Waals surface area contributed by atoms with Gasteiger partial charge in [-0.15, -0.1) is 0 Å². The van der Waals surface area contributed by atoms with E-state index in [0.717, 1.165) is 29.3 Å². The van der Waals surface area contributed by atoms with Crippen LogP contribution in [-0.2, 0) is 16.6 Å². The Kier molecular flexibility index (Phi) is 5.77. The van der Waals surface area contributed by atoms with Crippen LogP contribution < -0.4 is 5.32 Å². The summed E-state index contributed by atoms with van der Waals surface area (Å²) in [6, 6.07) is 13.8. The highest BCUT2D eigenvalue weighted by atomic mass is 35.5. The molecule has 4 rings (SSSR count). The van der Waals surface area contributed by atoms with Crippen molar-refractivity contribution in [3.05, 3.63) is 70.4 Å². The monoisotopic (exact) mass is 443 g/mol. The van der Waals surface area contributed by atoms with Crippen LogP contribution in [0.3, 0.4) is 0 Å². The van der Waals surface area contributed by atoms with E-state index in [0.29, 0.717) is 29.4 Å². The highest BCUT2D eigenvalue weighted by molar-refractivity contribution is 7.89. The molecule has 1 aliphatic heterocycles. The number of pyridine rings is 1. The van der Waals surface area contributed by atoms with Gasteiger partial charge in [-0.3, -0.25) is 9.78 Å². The summed E-state index contributed by atoms with van der Waals surface area (Å²) >= 11 is 6.04. The fraction of sp³-hybridized carbons (Fsp3) is 0.273. The van der Waals surface area contributed by atoms with Crippen LogP contribution in [-0.4, -0.2) is 36.7 Å². The fourth-order valence-electron chi connectivity index (χ4n) is 3.61. The average Bonchev–Trinajstić information content (AvgIpc) is 3.28. The van der Waals surface area contributed by atoms with Gasteiger partial charge in [-0.05, 0) is 61.7 Å². The van der Waals surface area contributed by atoms with Gasteiger partial charge in [0.15, 0.2) is 0 Å². The fourth-order valence-corrected chi connectivity index (χ4v) is 5.31. The van der Waals surface area contributed by atoms with Crippen molar-refractivity contribution >= 4 is 38.4 Å². The van der Waals surface area contributed by atoms with Crippen LogP contribution in [0.15, 0.2) is 53.4 Å². The van der Waals surface area contributed by atoms with Crippen LogP contribution in [0, 0.1) is 6.92 Å². The molecular formula is C22H22ClN3O3S. The Labute approximate surface area is 180 Å². The van der Waals surface area contributed by atoms with E-state index in [1.807, 2.05) is 6.07 Å². The molecule has 0 unspecified atom stereocenters. The minimum absolute atomic E-state index is 0.240. The summed E-state index contributed by atoms with van der Waals surface area (Å²) in [6.07, 6.45) is 1.80. The van der Waals surface area contributed by atoms with Gasteiger partial charge in [0.05, 0.1) is 21.7 Å². The van der Waals surface area contributed by atoms with E-state index in [1.165, 1.54) is 4.31 Å². The first kappa shape index (κ1) is 20.8. The maximum Gasteiger partial charge on any atom is 0.253 e.